The molecule has 0 aromatic heterocycles. The minimum atomic E-state index is 0.293. The van der Waals surface area contributed by atoms with Crippen molar-refractivity contribution in [1.29, 1.82) is 0 Å². The number of para-hydroxylation sites is 1. The number of hydrogen-bond acceptors (Lipinski definition) is 4. The van der Waals surface area contributed by atoms with Crippen LogP contribution in [0, 0.1) is 0 Å². The lowest BCUT2D eigenvalue weighted by Gasteiger charge is -2.28. The Morgan fingerprint density at radius 1 is 1.08 bits per heavy atom. The predicted molar refractivity (Wildman–Crippen MR) is 109 cm³/mol. The zero-order chi connectivity index (χ0) is 18.9. The average molecular weight is 356 g/mol. The van der Waals surface area contributed by atoms with Crippen LogP contribution in [0.1, 0.15) is 6.92 Å². The molecule has 0 spiro atoms. The van der Waals surface area contributed by atoms with E-state index in [2.05, 4.69) is 46.6 Å². The number of nitrogens with zero attached hydrogens (tertiary/aromatic N) is 2. The first-order valence-electron chi connectivity index (χ1n) is 8.56. The highest BCUT2D eigenvalue weighted by atomic mass is 16.5. The van der Waals surface area contributed by atoms with E-state index in [1.807, 2.05) is 36.4 Å². The van der Waals surface area contributed by atoms with Crippen molar-refractivity contribution in [2.24, 2.45) is 4.99 Å². The fourth-order valence-electron chi connectivity index (χ4n) is 2.53. The first-order chi connectivity index (χ1) is 12.6. The largest absolute Gasteiger partial charge is 0.493 e. The third kappa shape index (κ3) is 5.05. The monoisotopic (exact) mass is 356 g/mol. The normalized spacial score (nSPS) is 12.3. The number of likely N-dealkylation sites (N-methyl/N-ethyl adjacent to an activating group) is 1. The summed E-state index contributed by atoms with van der Waals surface area (Å²) in [6.07, 6.45) is 0. The average Bonchev–Trinajstić information content (AvgIpc) is 2.70. The molecule has 0 amide bonds. The second-order valence-corrected chi connectivity index (χ2v) is 5.94. The molecule has 26 heavy (non-hydrogen) atoms. The van der Waals surface area contributed by atoms with E-state index in [-0.39, 0.29) is 0 Å². The van der Waals surface area contributed by atoms with Gasteiger partial charge in [0.15, 0.2) is 17.5 Å². The van der Waals surface area contributed by atoms with Crippen molar-refractivity contribution in [1.82, 2.24) is 5.32 Å². The summed E-state index contributed by atoms with van der Waals surface area (Å²) >= 11 is 0. The summed E-state index contributed by atoms with van der Waals surface area (Å²) < 4.78 is 10.6. The van der Waals surface area contributed by atoms with Gasteiger partial charge in [0.2, 0.25) is 0 Å². The maximum absolute atomic E-state index is 5.34. The molecule has 0 heterocycles. The van der Waals surface area contributed by atoms with Crippen molar-refractivity contribution in [3.63, 3.8) is 0 Å². The summed E-state index contributed by atoms with van der Waals surface area (Å²) in [6, 6.07) is 16.3. The van der Waals surface area contributed by atoms with Crippen LogP contribution in [-0.4, -0.2) is 46.9 Å². The highest BCUT2D eigenvalue weighted by Gasteiger charge is 2.11. The highest BCUT2D eigenvalue weighted by Crippen LogP contribution is 2.29. The van der Waals surface area contributed by atoms with Crippen molar-refractivity contribution in [3.8, 4) is 11.5 Å². The Hall–Kier alpha value is -2.89. The molecule has 2 rings (SSSR count). The third-order valence-electron chi connectivity index (χ3n) is 4.26. The zero-order valence-corrected chi connectivity index (χ0v) is 16.1. The molecule has 0 aliphatic carbocycles. The van der Waals surface area contributed by atoms with Crippen molar-refractivity contribution >= 4 is 17.3 Å². The van der Waals surface area contributed by atoms with Gasteiger partial charge in [0, 0.05) is 44.1 Å². The molecule has 140 valence electrons. The smallest absolute Gasteiger partial charge is 0.195 e. The van der Waals surface area contributed by atoms with Crippen LogP contribution in [-0.2, 0) is 0 Å². The topological polar surface area (TPSA) is 58.1 Å². The Morgan fingerprint density at radius 2 is 1.77 bits per heavy atom. The van der Waals surface area contributed by atoms with E-state index in [0.29, 0.717) is 23.5 Å². The minimum absolute atomic E-state index is 0.293. The predicted octanol–water partition coefficient (Wildman–Crippen LogP) is 3.22. The van der Waals surface area contributed by atoms with E-state index in [1.54, 1.807) is 21.3 Å². The SMILES string of the molecule is CN=C(NCC(C)N(C)c1ccccc1)Nc1ccc(OC)c(OC)c1. The number of anilines is 2. The lowest BCUT2D eigenvalue weighted by Crippen LogP contribution is -2.42. The van der Waals surface area contributed by atoms with Gasteiger partial charge in [0.05, 0.1) is 14.2 Å². The number of guanidine groups is 1. The summed E-state index contributed by atoms with van der Waals surface area (Å²) in [5.74, 6) is 2.06. The summed E-state index contributed by atoms with van der Waals surface area (Å²) in [7, 11) is 7.08. The van der Waals surface area contributed by atoms with Gasteiger partial charge >= 0.3 is 0 Å². The number of benzene rings is 2. The molecular formula is C20H28N4O2. The Kier molecular flexibility index (Phi) is 7.14. The summed E-state index contributed by atoms with van der Waals surface area (Å²) in [6.45, 7) is 2.92. The van der Waals surface area contributed by atoms with Gasteiger partial charge in [-0.1, -0.05) is 18.2 Å². The van der Waals surface area contributed by atoms with Crippen molar-refractivity contribution in [3.05, 3.63) is 48.5 Å². The highest BCUT2D eigenvalue weighted by molar-refractivity contribution is 5.93. The van der Waals surface area contributed by atoms with Crippen molar-refractivity contribution < 1.29 is 9.47 Å². The molecule has 2 N–H and O–H groups in total. The van der Waals surface area contributed by atoms with Crippen molar-refractivity contribution in [2.75, 3.05) is 45.1 Å². The maximum Gasteiger partial charge on any atom is 0.195 e. The van der Waals surface area contributed by atoms with E-state index >= 15 is 0 Å². The summed E-state index contributed by atoms with van der Waals surface area (Å²) in [5.41, 5.74) is 2.06. The van der Waals surface area contributed by atoms with Crippen LogP contribution in [0.2, 0.25) is 0 Å². The number of aliphatic imine (C=N–C) groups is 1. The Labute approximate surface area is 155 Å². The molecule has 6 nitrogen and oxygen atoms in total. The van der Waals surface area contributed by atoms with Gasteiger partial charge in [-0.15, -0.1) is 0 Å². The Bertz CT molecular complexity index is 719. The number of ether oxygens (including phenoxy) is 2. The first-order valence-corrected chi connectivity index (χ1v) is 8.56. The minimum Gasteiger partial charge on any atom is -0.493 e. The molecule has 0 saturated carbocycles. The molecule has 2 aromatic rings. The fourth-order valence-corrected chi connectivity index (χ4v) is 2.53. The third-order valence-corrected chi connectivity index (χ3v) is 4.26. The molecule has 1 unspecified atom stereocenters. The molecule has 0 saturated heterocycles. The van der Waals surface area contributed by atoms with E-state index in [4.69, 9.17) is 9.47 Å². The first kappa shape index (κ1) is 19.4. The summed E-state index contributed by atoms with van der Waals surface area (Å²) in [5, 5.41) is 6.63. The molecule has 0 aliphatic heterocycles. The van der Waals surface area contributed by atoms with Crippen LogP contribution in [0.3, 0.4) is 0 Å². The fraction of sp³-hybridized carbons (Fsp3) is 0.350. The van der Waals surface area contributed by atoms with E-state index in [0.717, 1.165) is 12.2 Å². The molecule has 1 atom stereocenters. The lowest BCUT2D eigenvalue weighted by molar-refractivity contribution is 0.355. The van der Waals surface area contributed by atoms with Gasteiger partial charge in [-0.05, 0) is 31.2 Å². The van der Waals surface area contributed by atoms with E-state index in [9.17, 15) is 0 Å². The molecular weight excluding hydrogens is 328 g/mol. The van der Waals surface area contributed by atoms with E-state index in [1.165, 1.54) is 5.69 Å². The van der Waals surface area contributed by atoms with Crippen LogP contribution >= 0.6 is 0 Å². The molecule has 0 radical (unpaired) electrons. The number of rotatable bonds is 7. The zero-order valence-electron chi connectivity index (χ0n) is 16.1. The van der Waals surface area contributed by atoms with Crippen LogP contribution in [0.5, 0.6) is 11.5 Å². The Morgan fingerprint density at radius 3 is 2.38 bits per heavy atom. The van der Waals surface area contributed by atoms with Gasteiger partial charge < -0.3 is 25.0 Å². The number of nitrogens with one attached hydrogen (secondary N) is 2. The molecule has 0 fully saturated rings. The lowest BCUT2D eigenvalue weighted by atomic mass is 10.2. The second-order valence-electron chi connectivity index (χ2n) is 5.94. The van der Waals surface area contributed by atoms with Crippen LogP contribution in [0.4, 0.5) is 11.4 Å². The number of methoxy groups -OCH3 is 2. The van der Waals surface area contributed by atoms with Crippen LogP contribution < -0.4 is 25.0 Å². The quantitative estimate of drug-likeness (QED) is 0.589. The number of hydrogen-bond donors (Lipinski definition) is 2. The molecule has 0 bridgehead atoms. The molecule has 6 heteroatoms. The molecule has 2 aromatic carbocycles. The van der Waals surface area contributed by atoms with Gasteiger partial charge in [0.25, 0.3) is 0 Å². The van der Waals surface area contributed by atoms with Crippen LogP contribution in [0.15, 0.2) is 53.5 Å². The second kappa shape index (κ2) is 9.56. The Balaban J connectivity index is 1.95. The van der Waals surface area contributed by atoms with Gasteiger partial charge in [-0.25, -0.2) is 0 Å². The maximum atomic E-state index is 5.34. The van der Waals surface area contributed by atoms with Crippen molar-refractivity contribution in [2.45, 2.75) is 13.0 Å². The van der Waals surface area contributed by atoms with Gasteiger partial charge in [-0.2, -0.15) is 0 Å². The van der Waals surface area contributed by atoms with Gasteiger partial charge in [-0.3, -0.25) is 4.99 Å². The molecule has 0 aliphatic rings. The standard InChI is InChI=1S/C20H28N4O2/c1-15(24(3)17-9-7-6-8-10-17)14-22-20(21-2)23-16-11-12-18(25-4)19(13-16)26-5/h6-13,15H,14H2,1-5H3,(H2,21,22,23). The van der Waals surface area contributed by atoms with Gasteiger partial charge in [0.1, 0.15) is 0 Å². The van der Waals surface area contributed by atoms with E-state index < -0.39 is 0 Å². The summed E-state index contributed by atoms with van der Waals surface area (Å²) in [4.78, 5) is 6.52. The van der Waals surface area contributed by atoms with Crippen LogP contribution in [0.25, 0.3) is 0 Å².